The van der Waals surface area contributed by atoms with E-state index in [9.17, 15) is 14.7 Å². The minimum absolute atomic E-state index is 0.0268. The van der Waals surface area contributed by atoms with E-state index in [-0.39, 0.29) is 42.4 Å². The minimum atomic E-state index is -0.910. The predicted octanol–water partition coefficient (Wildman–Crippen LogP) is 4.84. The monoisotopic (exact) mass is 716 g/mol. The molecule has 3 saturated carbocycles. The van der Waals surface area contributed by atoms with Crippen LogP contribution in [0.25, 0.3) is 21.6 Å². The van der Waals surface area contributed by atoms with Crippen LogP contribution in [0.1, 0.15) is 62.9 Å². The Morgan fingerprint density at radius 1 is 1.21 bits per heavy atom. The number of carbonyl (C=O) groups excluding carboxylic acids is 2. The number of para-hydroxylation sites is 1. The molecule has 0 radical (unpaired) electrons. The summed E-state index contributed by atoms with van der Waals surface area (Å²) >= 11 is 0. The fraction of sp³-hybridized carbons (Fsp3) is 0.641. The second-order valence-corrected chi connectivity index (χ2v) is 16.3. The summed E-state index contributed by atoms with van der Waals surface area (Å²) in [6, 6.07) is 10.9. The number of azide groups is 1. The van der Waals surface area contributed by atoms with E-state index in [1.54, 1.807) is 19.1 Å². The van der Waals surface area contributed by atoms with Crippen molar-refractivity contribution in [3.05, 3.63) is 58.0 Å². The van der Waals surface area contributed by atoms with Crippen LogP contribution in [0.4, 0.5) is 5.69 Å². The highest BCUT2D eigenvalue weighted by atomic mass is 16.7. The Kier molecular flexibility index (Phi) is 11.1. The molecule has 2 amide bonds. The largest absolute Gasteiger partial charge is 0.496 e. The van der Waals surface area contributed by atoms with Crippen LogP contribution in [0.2, 0.25) is 0 Å². The molecule has 13 nitrogen and oxygen atoms in total. The van der Waals surface area contributed by atoms with Crippen molar-refractivity contribution in [3.8, 4) is 16.9 Å². The van der Waals surface area contributed by atoms with E-state index in [0.29, 0.717) is 29.1 Å². The average Bonchev–Trinajstić information content (AvgIpc) is 3.69. The predicted molar refractivity (Wildman–Crippen MR) is 201 cm³/mol. The van der Waals surface area contributed by atoms with E-state index in [4.69, 9.17) is 15.1 Å². The Labute approximate surface area is 307 Å². The van der Waals surface area contributed by atoms with Crippen LogP contribution in [0, 0.1) is 29.1 Å². The highest BCUT2D eigenvalue weighted by molar-refractivity contribution is 5.97. The third-order valence-electron chi connectivity index (χ3n) is 12.6. The van der Waals surface area contributed by atoms with Crippen LogP contribution in [-0.4, -0.2) is 105 Å². The van der Waals surface area contributed by atoms with Crippen molar-refractivity contribution in [1.29, 1.82) is 0 Å². The third kappa shape index (κ3) is 7.34. The molecule has 2 aromatic carbocycles. The van der Waals surface area contributed by atoms with Gasteiger partial charge in [-0.05, 0) is 92.2 Å². The summed E-state index contributed by atoms with van der Waals surface area (Å²) in [6.07, 6.45) is 1.42. The first-order valence-electron chi connectivity index (χ1n) is 18.6. The molecule has 2 heterocycles. The van der Waals surface area contributed by atoms with Gasteiger partial charge in [0.05, 0.1) is 32.4 Å². The van der Waals surface area contributed by atoms with Gasteiger partial charge in [-0.25, -0.2) is 0 Å². The lowest BCUT2D eigenvalue weighted by Gasteiger charge is -2.62. The van der Waals surface area contributed by atoms with E-state index in [1.165, 1.54) is 6.42 Å². The quantitative estimate of drug-likeness (QED) is 0.160. The average molecular weight is 717 g/mol. The van der Waals surface area contributed by atoms with Crippen molar-refractivity contribution in [3.63, 3.8) is 0 Å². The van der Waals surface area contributed by atoms with Crippen molar-refractivity contribution in [2.24, 2.45) is 34.2 Å². The Hall–Kier alpha value is -3.87. The molecule has 13 heteroatoms. The number of hydrogen-bond donors (Lipinski definition) is 3. The van der Waals surface area contributed by atoms with Gasteiger partial charge in [0.15, 0.2) is 0 Å². The van der Waals surface area contributed by atoms with E-state index < -0.39 is 24.2 Å². The smallest absolute Gasteiger partial charge is 0.251 e. The van der Waals surface area contributed by atoms with Crippen molar-refractivity contribution >= 4 is 17.5 Å². The molecule has 0 spiro atoms. The van der Waals surface area contributed by atoms with Gasteiger partial charge < -0.3 is 30.3 Å². The van der Waals surface area contributed by atoms with Gasteiger partial charge in [-0.2, -0.15) is 5.06 Å². The van der Waals surface area contributed by atoms with E-state index in [0.717, 1.165) is 48.3 Å². The maximum atomic E-state index is 14.3. The molecule has 5 aliphatic rings. The van der Waals surface area contributed by atoms with Crippen molar-refractivity contribution in [2.45, 2.75) is 83.8 Å². The third-order valence-corrected chi connectivity index (χ3v) is 12.6. The lowest BCUT2D eigenvalue weighted by molar-refractivity contribution is -0.175. The van der Waals surface area contributed by atoms with Crippen LogP contribution in [0.3, 0.4) is 0 Å². The fourth-order valence-corrected chi connectivity index (χ4v) is 9.42. The highest BCUT2D eigenvalue weighted by Gasteiger charge is 2.57. The summed E-state index contributed by atoms with van der Waals surface area (Å²) in [4.78, 5) is 41.4. The summed E-state index contributed by atoms with van der Waals surface area (Å²) in [5, 5.41) is 23.0. The summed E-state index contributed by atoms with van der Waals surface area (Å²) < 4.78 is 6.08. The maximum Gasteiger partial charge on any atom is 0.251 e. The van der Waals surface area contributed by atoms with Gasteiger partial charge in [-0.1, -0.05) is 44.1 Å². The molecular formula is C39H56N8O5. The van der Waals surface area contributed by atoms with Crippen molar-refractivity contribution < 1.29 is 24.3 Å². The number of likely N-dealkylation sites (N-methyl/N-ethyl adjacent to an activating group) is 1. The molecule has 0 unspecified atom stereocenters. The van der Waals surface area contributed by atoms with Gasteiger partial charge in [-0.3, -0.25) is 14.4 Å². The maximum absolute atomic E-state index is 14.3. The number of ether oxygens (including phenoxy) is 1. The number of aliphatic hydroxyl groups excluding tert-OH is 1. The van der Waals surface area contributed by atoms with Crippen LogP contribution < -0.4 is 20.3 Å². The van der Waals surface area contributed by atoms with Crippen molar-refractivity contribution in [2.75, 3.05) is 52.8 Å². The molecule has 7 rings (SSSR count). The standard InChI is InChI=1S/C39H56N8O5/c1-22-31-17-27(39(31,3)4)18-32(22)43-38(50)35-34(23(2)48)33(19-41-44-40)52-47(35)20-24-10-9-11-30(36(24)51-8)25-14-26(16-29(15-25)45(5)6)37(49)42-28-12-13-46(7)21-28/h9-11,14-16,22-23,27-28,31-35,48H,12-13,17-21H2,1-8H3,(H,42,49)(H,43,50)/t22-,23-,27+,28+,31-,32-,33-,34+,35-/m0/s1. The van der Waals surface area contributed by atoms with Gasteiger partial charge in [0.2, 0.25) is 5.91 Å². The first-order chi connectivity index (χ1) is 24.7. The number of hydrogen-bond acceptors (Lipinski definition) is 9. The zero-order valence-corrected chi connectivity index (χ0v) is 31.9. The van der Waals surface area contributed by atoms with E-state index in [2.05, 4.69) is 53.4 Å². The number of rotatable bonds is 12. The Morgan fingerprint density at radius 2 is 1.98 bits per heavy atom. The SMILES string of the molecule is COc1c(CN2O[C@@H](CN=[N+]=[N-])[C@@H]([C@H](C)O)[C@H]2C(=O)N[C@H]2C[C@H]3C[C@@H]([C@@H]2C)C3(C)C)cccc1-c1cc(C(=O)N[C@@H]2CCN(C)C2)cc(N(C)C)c1. The summed E-state index contributed by atoms with van der Waals surface area (Å²) in [6.45, 7) is 10.5. The van der Waals surface area contributed by atoms with Crippen LogP contribution in [-0.2, 0) is 16.2 Å². The molecule has 3 aliphatic carbocycles. The number of aliphatic hydroxyl groups is 1. The zero-order valence-electron chi connectivity index (χ0n) is 31.9. The second kappa shape index (κ2) is 15.2. The molecule has 2 aromatic rings. The molecule has 2 saturated heterocycles. The number of hydroxylamine groups is 2. The van der Waals surface area contributed by atoms with Crippen LogP contribution in [0.5, 0.6) is 5.75 Å². The zero-order chi connectivity index (χ0) is 37.5. The molecule has 0 aromatic heterocycles. The van der Waals surface area contributed by atoms with Gasteiger partial charge in [0.25, 0.3) is 5.91 Å². The molecule has 52 heavy (non-hydrogen) atoms. The first-order valence-corrected chi connectivity index (χ1v) is 18.6. The van der Waals surface area contributed by atoms with Gasteiger partial charge in [0, 0.05) is 65.9 Å². The minimum Gasteiger partial charge on any atom is -0.496 e. The topological polar surface area (TPSA) is 155 Å². The second-order valence-electron chi connectivity index (χ2n) is 16.3. The van der Waals surface area contributed by atoms with Crippen LogP contribution >= 0.6 is 0 Å². The number of nitrogens with one attached hydrogen (secondary N) is 2. The molecule has 3 N–H and O–H groups in total. The van der Waals surface area contributed by atoms with Gasteiger partial charge in [-0.15, -0.1) is 0 Å². The number of methoxy groups -OCH3 is 1. The van der Waals surface area contributed by atoms with Gasteiger partial charge >= 0.3 is 0 Å². The van der Waals surface area contributed by atoms with E-state index in [1.807, 2.05) is 55.4 Å². The Morgan fingerprint density at radius 3 is 2.60 bits per heavy atom. The molecule has 5 fully saturated rings. The molecule has 2 bridgehead atoms. The number of benzene rings is 2. The van der Waals surface area contributed by atoms with Crippen molar-refractivity contribution in [1.82, 2.24) is 20.6 Å². The lowest BCUT2D eigenvalue weighted by Crippen LogP contribution is -2.62. The summed E-state index contributed by atoms with van der Waals surface area (Å²) in [5.41, 5.74) is 13.2. The number of likely N-dealkylation sites (tertiary alicyclic amines) is 1. The van der Waals surface area contributed by atoms with Crippen LogP contribution in [0.15, 0.2) is 41.5 Å². The lowest BCUT2D eigenvalue weighted by atomic mass is 9.45. The highest BCUT2D eigenvalue weighted by Crippen LogP contribution is 2.61. The number of nitrogens with zero attached hydrogens (tertiary/aromatic N) is 6. The van der Waals surface area contributed by atoms with Gasteiger partial charge in [0.1, 0.15) is 11.8 Å². The fourth-order valence-electron chi connectivity index (χ4n) is 9.42. The summed E-state index contributed by atoms with van der Waals surface area (Å²) in [5.74, 6) is 1.06. The Balaban J connectivity index is 1.31. The summed E-state index contributed by atoms with van der Waals surface area (Å²) in [7, 11) is 7.56. The molecule has 282 valence electrons. The molecule has 2 aliphatic heterocycles. The molecule has 9 atom stereocenters. The number of anilines is 1. The number of amides is 2. The normalized spacial score (nSPS) is 30.2. The number of fused-ring (bicyclic) bond motifs is 2. The Bertz CT molecular complexity index is 1690. The number of carbonyl (C=O) groups is 2. The first kappa shape index (κ1) is 37.9. The van der Waals surface area contributed by atoms with E-state index >= 15 is 0 Å². The molecular weight excluding hydrogens is 660 g/mol.